The van der Waals surface area contributed by atoms with E-state index in [1.54, 1.807) is 30.3 Å². The maximum atomic E-state index is 13.4. The number of carbonyl (C=O) groups excluding carboxylic acids is 2. The second-order valence-corrected chi connectivity index (χ2v) is 8.58. The number of Topliss-reactive ketones (excluding diaryl/α,β-unsaturated/α-hetero) is 1. The number of aliphatic hydroxyl groups excluding tert-OH is 1. The van der Waals surface area contributed by atoms with E-state index in [9.17, 15) is 14.7 Å². The Morgan fingerprint density at radius 3 is 2.43 bits per heavy atom. The number of rotatable bonds is 5. The fourth-order valence-electron chi connectivity index (χ4n) is 4.64. The van der Waals surface area contributed by atoms with E-state index in [-0.39, 0.29) is 11.3 Å². The summed E-state index contributed by atoms with van der Waals surface area (Å²) in [5.74, 6) is -0.995. The molecule has 0 bridgehead atoms. The molecular formula is C30H25NO4. The second-order valence-electron chi connectivity index (χ2n) is 8.58. The quantitative estimate of drug-likeness (QED) is 0.218. The van der Waals surface area contributed by atoms with Gasteiger partial charge in [0.2, 0.25) is 0 Å². The molecule has 1 unspecified atom stereocenters. The molecule has 35 heavy (non-hydrogen) atoms. The molecule has 0 spiro atoms. The van der Waals surface area contributed by atoms with Crippen LogP contribution in [0.2, 0.25) is 0 Å². The molecule has 0 aliphatic carbocycles. The summed E-state index contributed by atoms with van der Waals surface area (Å²) in [6, 6.07) is 27.3. The van der Waals surface area contributed by atoms with Crippen molar-refractivity contribution < 1.29 is 19.4 Å². The topological polar surface area (TPSA) is 66.8 Å². The molecule has 5 nitrogen and oxygen atoms in total. The fourth-order valence-corrected chi connectivity index (χ4v) is 4.64. The smallest absolute Gasteiger partial charge is 0.300 e. The van der Waals surface area contributed by atoms with Gasteiger partial charge in [-0.1, -0.05) is 72.3 Å². The average Bonchev–Trinajstić information content (AvgIpc) is 3.14. The van der Waals surface area contributed by atoms with E-state index >= 15 is 0 Å². The maximum absolute atomic E-state index is 13.4. The third-order valence-corrected chi connectivity index (χ3v) is 6.23. The Balaban J connectivity index is 1.71. The van der Waals surface area contributed by atoms with Crippen molar-refractivity contribution in [2.24, 2.45) is 0 Å². The van der Waals surface area contributed by atoms with Crippen LogP contribution in [-0.2, 0) is 9.59 Å². The van der Waals surface area contributed by atoms with Crippen molar-refractivity contribution in [3.05, 3.63) is 113 Å². The van der Waals surface area contributed by atoms with Gasteiger partial charge in [0.15, 0.2) is 0 Å². The summed E-state index contributed by atoms with van der Waals surface area (Å²) in [4.78, 5) is 28.2. The number of ketones is 1. The summed E-state index contributed by atoms with van der Waals surface area (Å²) in [7, 11) is 0. The Morgan fingerprint density at radius 1 is 0.886 bits per heavy atom. The number of aryl methyl sites for hydroxylation is 1. The van der Waals surface area contributed by atoms with Crippen LogP contribution in [0.25, 0.3) is 16.5 Å². The van der Waals surface area contributed by atoms with Gasteiger partial charge in [-0.25, -0.2) is 0 Å². The first-order chi connectivity index (χ1) is 17.0. The van der Waals surface area contributed by atoms with Crippen LogP contribution in [-0.4, -0.2) is 23.4 Å². The Hall–Kier alpha value is -4.38. The van der Waals surface area contributed by atoms with Crippen LogP contribution in [0.4, 0.5) is 5.69 Å². The third kappa shape index (κ3) is 4.06. The predicted octanol–water partition coefficient (Wildman–Crippen LogP) is 6.17. The SMILES string of the molecule is CCOc1cccc(N2C(=O)C(=O)/C(=C(\O)c3ccc4ccccc4c3)C2c2cccc(C)c2)c1. The van der Waals surface area contributed by atoms with Crippen molar-refractivity contribution >= 4 is 33.9 Å². The lowest BCUT2D eigenvalue weighted by Gasteiger charge is -2.26. The van der Waals surface area contributed by atoms with Gasteiger partial charge in [-0.3, -0.25) is 14.5 Å². The van der Waals surface area contributed by atoms with Gasteiger partial charge in [-0.2, -0.15) is 0 Å². The highest BCUT2D eigenvalue weighted by Crippen LogP contribution is 2.43. The first-order valence-electron chi connectivity index (χ1n) is 11.6. The molecule has 174 valence electrons. The van der Waals surface area contributed by atoms with Crippen molar-refractivity contribution in [2.75, 3.05) is 11.5 Å². The zero-order valence-corrected chi connectivity index (χ0v) is 19.6. The molecule has 4 aromatic carbocycles. The molecule has 4 aromatic rings. The van der Waals surface area contributed by atoms with Crippen molar-refractivity contribution in [1.29, 1.82) is 0 Å². The lowest BCUT2D eigenvalue weighted by Crippen LogP contribution is -2.29. The molecule has 1 amide bonds. The molecular weight excluding hydrogens is 438 g/mol. The zero-order valence-electron chi connectivity index (χ0n) is 19.6. The Kier molecular flexibility index (Phi) is 5.83. The predicted molar refractivity (Wildman–Crippen MR) is 138 cm³/mol. The van der Waals surface area contributed by atoms with Crippen molar-refractivity contribution in [2.45, 2.75) is 19.9 Å². The molecule has 1 atom stereocenters. The van der Waals surface area contributed by atoms with Gasteiger partial charge in [0.1, 0.15) is 11.5 Å². The van der Waals surface area contributed by atoms with Gasteiger partial charge >= 0.3 is 0 Å². The number of nitrogens with zero attached hydrogens (tertiary/aromatic N) is 1. The van der Waals surface area contributed by atoms with Crippen molar-refractivity contribution in [3.8, 4) is 5.75 Å². The highest BCUT2D eigenvalue weighted by molar-refractivity contribution is 6.51. The van der Waals surface area contributed by atoms with Crippen LogP contribution >= 0.6 is 0 Å². The summed E-state index contributed by atoms with van der Waals surface area (Å²) in [6.45, 7) is 4.31. The van der Waals surface area contributed by atoms with E-state index in [1.807, 2.05) is 74.5 Å². The minimum absolute atomic E-state index is 0.0673. The largest absolute Gasteiger partial charge is 0.507 e. The van der Waals surface area contributed by atoms with Crippen LogP contribution in [0.3, 0.4) is 0 Å². The summed E-state index contributed by atoms with van der Waals surface area (Å²) >= 11 is 0. The molecule has 0 radical (unpaired) electrons. The highest BCUT2D eigenvalue weighted by Gasteiger charge is 2.47. The molecule has 1 saturated heterocycles. The molecule has 1 N–H and O–H groups in total. The van der Waals surface area contributed by atoms with Gasteiger partial charge in [0, 0.05) is 17.3 Å². The molecule has 1 fully saturated rings. The zero-order chi connectivity index (χ0) is 24.5. The number of hydrogen-bond donors (Lipinski definition) is 1. The molecule has 1 aliphatic heterocycles. The van der Waals surface area contributed by atoms with E-state index in [0.29, 0.717) is 23.6 Å². The van der Waals surface area contributed by atoms with Crippen LogP contribution in [0.15, 0.2) is 96.6 Å². The average molecular weight is 464 g/mol. The maximum Gasteiger partial charge on any atom is 0.300 e. The summed E-state index contributed by atoms with van der Waals surface area (Å²) < 4.78 is 5.63. The van der Waals surface area contributed by atoms with Crippen molar-refractivity contribution in [3.63, 3.8) is 0 Å². The van der Waals surface area contributed by atoms with Crippen LogP contribution in [0.1, 0.15) is 29.7 Å². The molecule has 0 aromatic heterocycles. The Morgan fingerprint density at radius 2 is 1.66 bits per heavy atom. The highest BCUT2D eigenvalue weighted by atomic mass is 16.5. The molecule has 5 heteroatoms. The summed E-state index contributed by atoms with van der Waals surface area (Å²) in [6.07, 6.45) is 0. The van der Waals surface area contributed by atoms with Gasteiger partial charge in [-0.05, 0) is 48.4 Å². The number of anilines is 1. The molecule has 1 heterocycles. The molecule has 0 saturated carbocycles. The van der Waals surface area contributed by atoms with Crippen LogP contribution in [0, 0.1) is 6.92 Å². The van der Waals surface area contributed by atoms with E-state index in [1.165, 1.54) is 4.90 Å². The van der Waals surface area contributed by atoms with Gasteiger partial charge in [0.25, 0.3) is 11.7 Å². The summed E-state index contributed by atoms with van der Waals surface area (Å²) in [5, 5.41) is 13.4. The minimum atomic E-state index is -0.779. The first kappa shape index (κ1) is 22.4. The van der Waals surface area contributed by atoms with Crippen molar-refractivity contribution in [1.82, 2.24) is 0 Å². The Labute approximate surface area is 203 Å². The lowest BCUT2D eigenvalue weighted by atomic mass is 9.93. The second kappa shape index (κ2) is 9.11. The third-order valence-electron chi connectivity index (χ3n) is 6.23. The molecule has 5 rings (SSSR count). The Bertz CT molecular complexity index is 1490. The number of ether oxygens (including phenoxy) is 1. The number of carbonyl (C=O) groups is 2. The van der Waals surface area contributed by atoms with Crippen LogP contribution < -0.4 is 9.64 Å². The number of aliphatic hydroxyl groups is 1. The lowest BCUT2D eigenvalue weighted by molar-refractivity contribution is -0.132. The number of amides is 1. The normalized spacial score (nSPS) is 17.2. The van der Waals surface area contributed by atoms with E-state index in [4.69, 9.17) is 4.74 Å². The van der Waals surface area contributed by atoms with E-state index in [0.717, 1.165) is 21.9 Å². The van der Waals surface area contributed by atoms with Gasteiger partial charge in [0.05, 0.1) is 18.2 Å². The van der Waals surface area contributed by atoms with Gasteiger partial charge < -0.3 is 9.84 Å². The monoisotopic (exact) mass is 463 g/mol. The minimum Gasteiger partial charge on any atom is -0.507 e. The number of hydrogen-bond acceptors (Lipinski definition) is 4. The fraction of sp³-hybridized carbons (Fsp3) is 0.133. The molecule has 1 aliphatic rings. The number of fused-ring (bicyclic) bond motifs is 1. The van der Waals surface area contributed by atoms with Gasteiger partial charge in [-0.15, -0.1) is 0 Å². The van der Waals surface area contributed by atoms with E-state index < -0.39 is 17.7 Å². The first-order valence-corrected chi connectivity index (χ1v) is 11.6. The standard InChI is InChI=1S/C30H25NO4/c1-3-35-25-13-7-12-24(18-25)31-27(22-11-6-8-19(2)16-22)26(29(33)30(31)34)28(32)23-15-14-20-9-4-5-10-21(20)17-23/h4-18,27,32H,3H2,1-2H3/b28-26-. The summed E-state index contributed by atoms with van der Waals surface area (Å²) in [5.41, 5.74) is 2.82. The number of benzene rings is 4. The van der Waals surface area contributed by atoms with E-state index in [2.05, 4.69) is 0 Å². The van der Waals surface area contributed by atoms with Crippen LogP contribution in [0.5, 0.6) is 5.75 Å².